The van der Waals surface area contributed by atoms with Crippen molar-refractivity contribution < 1.29 is 14.7 Å². The summed E-state index contributed by atoms with van der Waals surface area (Å²) in [6, 6.07) is 0.0568. The molecule has 0 radical (unpaired) electrons. The Morgan fingerprint density at radius 2 is 2.12 bits per heavy atom. The fraction of sp³-hybridized carbons (Fsp3) is 0.818. The molecule has 4 nitrogen and oxygen atoms in total. The summed E-state index contributed by atoms with van der Waals surface area (Å²) in [6.07, 6.45) is 2.04. The van der Waals surface area contributed by atoms with E-state index in [2.05, 4.69) is 5.32 Å². The number of carboxylic acid groups (broad SMARTS) is 1. The first-order chi connectivity index (χ1) is 7.49. The zero-order valence-electron chi connectivity index (χ0n) is 9.73. The number of amides is 1. The van der Waals surface area contributed by atoms with Crippen molar-refractivity contribution in [3.8, 4) is 0 Å². The molecule has 1 fully saturated rings. The summed E-state index contributed by atoms with van der Waals surface area (Å²) in [5.41, 5.74) is 0. The maximum atomic E-state index is 11.5. The average molecular weight is 245 g/mol. The van der Waals surface area contributed by atoms with Gasteiger partial charge < -0.3 is 10.4 Å². The number of aliphatic carboxylic acids is 1. The molecule has 0 aliphatic heterocycles. The molecular weight excluding hydrogens is 226 g/mol. The van der Waals surface area contributed by atoms with E-state index in [0.29, 0.717) is 23.8 Å². The number of hydrogen-bond acceptors (Lipinski definition) is 3. The van der Waals surface area contributed by atoms with Gasteiger partial charge in [-0.1, -0.05) is 13.8 Å². The summed E-state index contributed by atoms with van der Waals surface area (Å²) in [4.78, 5) is 22.2. The van der Waals surface area contributed by atoms with Gasteiger partial charge in [-0.05, 0) is 24.5 Å². The van der Waals surface area contributed by atoms with Crippen LogP contribution in [0.1, 0.15) is 33.1 Å². The number of carboxylic acids is 1. The molecule has 0 aromatic heterocycles. The molecule has 0 aromatic rings. The van der Waals surface area contributed by atoms with E-state index in [1.807, 2.05) is 13.8 Å². The molecule has 2 atom stereocenters. The molecule has 5 heteroatoms. The highest BCUT2D eigenvalue weighted by Crippen LogP contribution is 2.25. The average Bonchev–Trinajstić information content (AvgIpc) is 2.63. The molecule has 0 spiro atoms. The summed E-state index contributed by atoms with van der Waals surface area (Å²) in [5, 5.41) is 12.2. The third-order valence-corrected chi connectivity index (χ3v) is 3.79. The molecule has 0 heterocycles. The Morgan fingerprint density at radius 3 is 2.62 bits per heavy atom. The van der Waals surface area contributed by atoms with Crippen LogP contribution in [0.5, 0.6) is 0 Å². The topological polar surface area (TPSA) is 66.4 Å². The highest BCUT2D eigenvalue weighted by Gasteiger charge is 2.30. The SMILES string of the molecule is CC(C)SCC(=O)N[C@H]1CC[C@@H](C(=O)O)C1. The third kappa shape index (κ3) is 4.43. The molecule has 1 amide bonds. The number of carbonyl (C=O) groups is 2. The molecule has 1 aliphatic rings. The standard InChI is InChI=1S/C11H19NO3S/c1-7(2)16-6-10(13)12-9-4-3-8(5-9)11(14)15/h7-9H,3-6H2,1-2H3,(H,12,13)(H,14,15)/t8-,9+/m1/s1. The molecule has 1 aliphatic carbocycles. The Morgan fingerprint density at radius 1 is 1.44 bits per heavy atom. The van der Waals surface area contributed by atoms with Gasteiger partial charge in [-0.2, -0.15) is 0 Å². The molecule has 0 aromatic carbocycles. The Balaban J connectivity index is 2.23. The molecule has 16 heavy (non-hydrogen) atoms. The second kappa shape index (κ2) is 6.13. The van der Waals surface area contributed by atoms with E-state index in [9.17, 15) is 9.59 Å². The minimum absolute atomic E-state index is 0.0229. The molecular formula is C11H19NO3S. The van der Waals surface area contributed by atoms with Gasteiger partial charge in [-0.3, -0.25) is 9.59 Å². The van der Waals surface area contributed by atoms with E-state index < -0.39 is 5.97 Å². The second-order valence-corrected chi connectivity index (χ2v) is 6.04. The Kier molecular flexibility index (Phi) is 5.12. The van der Waals surface area contributed by atoms with Crippen molar-refractivity contribution in [1.29, 1.82) is 0 Å². The van der Waals surface area contributed by atoms with Crippen LogP contribution in [-0.2, 0) is 9.59 Å². The first kappa shape index (κ1) is 13.4. The molecule has 1 saturated carbocycles. The predicted octanol–water partition coefficient (Wildman–Crippen LogP) is 1.50. The largest absolute Gasteiger partial charge is 0.481 e. The summed E-state index contributed by atoms with van der Waals surface area (Å²) < 4.78 is 0. The van der Waals surface area contributed by atoms with Crippen LogP contribution in [0.3, 0.4) is 0 Å². The van der Waals surface area contributed by atoms with Crippen LogP contribution < -0.4 is 5.32 Å². The van der Waals surface area contributed by atoms with Crippen molar-refractivity contribution in [2.24, 2.45) is 5.92 Å². The van der Waals surface area contributed by atoms with E-state index in [1.165, 1.54) is 0 Å². The maximum absolute atomic E-state index is 11.5. The first-order valence-corrected chi connectivity index (χ1v) is 6.67. The van der Waals surface area contributed by atoms with Crippen molar-refractivity contribution in [3.63, 3.8) is 0 Å². The first-order valence-electron chi connectivity index (χ1n) is 5.62. The van der Waals surface area contributed by atoms with Gasteiger partial charge in [0.05, 0.1) is 11.7 Å². The molecule has 1 rings (SSSR count). The van der Waals surface area contributed by atoms with Crippen LogP contribution in [0.2, 0.25) is 0 Å². The smallest absolute Gasteiger partial charge is 0.306 e. The van der Waals surface area contributed by atoms with Gasteiger partial charge in [0, 0.05) is 6.04 Å². The van der Waals surface area contributed by atoms with Gasteiger partial charge in [0.2, 0.25) is 5.91 Å². The predicted molar refractivity (Wildman–Crippen MR) is 64.5 cm³/mol. The van der Waals surface area contributed by atoms with Crippen LogP contribution in [0.4, 0.5) is 0 Å². The minimum atomic E-state index is -0.742. The van der Waals surface area contributed by atoms with Crippen molar-refractivity contribution in [2.45, 2.75) is 44.4 Å². The fourth-order valence-corrected chi connectivity index (χ4v) is 2.42. The van der Waals surface area contributed by atoms with Crippen molar-refractivity contribution in [1.82, 2.24) is 5.32 Å². The second-order valence-electron chi connectivity index (χ2n) is 4.47. The monoisotopic (exact) mass is 245 g/mol. The number of carbonyl (C=O) groups excluding carboxylic acids is 1. The van der Waals surface area contributed by atoms with Crippen LogP contribution in [0.25, 0.3) is 0 Å². The number of rotatable bonds is 5. The normalized spacial score (nSPS) is 24.7. The lowest BCUT2D eigenvalue weighted by molar-refractivity contribution is -0.141. The lowest BCUT2D eigenvalue weighted by Gasteiger charge is -2.12. The van der Waals surface area contributed by atoms with Gasteiger partial charge in [-0.25, -0.2) is 0 Å². The Labute approximate surface area is 100 Å². The highest BCUT2D eigenvalue weighted by atomic mass is 32.2. The summed E-state index contributed by atoms with van der Waals surface area (Å²) >= 11 is 1.60. The summed E-state index contributed by atoms with van der Waals surface area (Å²) in [7, 11) is 0. The minimum Gasteiger partial charge on any atom is -0.481 e. The van der Waals surface area contributed by atoms with Gasteiger partial charge in [0.1, 0.15) is 0 Å². The van der Waals surface area contributed by atoms with Crippen LogP contribution >= 0.6 is 11.8 Å². The highest BCUT2D eigenvalue weighted by molar-refractivity contribution is 8.00. The molecule has 2 N–H and O–H groups in total. The Bertz CT molecular complexity index is 268. The molecule has 0 bridgehead atoms. The molecule has 0 unspecified atom stereocenters. The van der Waals surface area contributed by atoms with Crippen molar-refractivity contribution in [2.75, 3.05) is 5.75 Å². The number of thioether (sulfide) groups is 1. The van der Waals surface area contributed by atoms with E-state index in [1.54, 1.807) is 11.8 Å². The van der Waals surface area contributed by atoms with Crippen LogP contribution in [-0.4, -0.2) is 34.0 Å². The molecule has 92 valence electrons. The van der Waals surface area contributed by atoms with E-state index in [4.69, 9.17) is 5.11 Å². The fourth-order valence-electron chi connectivity index (χ4n) is 1.85. The van der Waals surface area contributed by atoms with Gasteiger partial charge in [0.25, 0.3) is 0 Å². The van der Waals surface area contributed by atoms with Crippen LogP contribution in [0, 0.1) is 5.92 Å². The lowest BCUT2D eigenvalue weighted by Crippen LogP contribution is -2.34. The van der Waals surface area contributed by atoms with Gasteiger partial charge in [-0.15, -0.1) is 11.8 Å². The zero-order valence-corrected chi connectivity index (χ0v) is 10.5. The summed E-state index contributed by atoms with van der Waals surface area (Å²) in [5.74, 6) is -0.530. The van der Waals surface area contributed by atoms with Crippen LogP contribution in [0.15, 0.2) is 0 Å². The van der Waals surface area contributed by atoms with Crippen molar-refractivity contribution >= 4 is 23.6 Å². The Hall–Kier alpha value is -0.710. The van der Waals surface area contributed by atoms with E-state index in [-0.39, 0.29) is 17.9 Å². The van der Waals surface area contributed by atoms with Gasteiger partial charge in [0.15, 0.2) is 0 Å². The van der Waals surface area contributed by atoms with E-state index in [0.717, 1.165) is 6.42 Å². The maximum Gasteiger partial charge on any atom is 0.306 e. The van der Waals surface area contributed by atoms with Crippen molar-refractivity contribution in [3.05, 3.63) is 0 Å². The third-order valence-electron chi connectivity index (χ3n) is 2.69. The quantitative estimate of drug-likeness (QED) is 0.770. The number of nitrogens with one attached hydrogen (secondary N) is 1. The number of hydrogen-bond donors (Lipinski definition) is 2. The molecule has 0 saturated heterocycles. The summed E-state index contributed by atoms with van der Waals surface area (Å²) in [6.45, 7) is 4.10. The lowest BCUT2D eigenvalue weighted by atomic mass is 10.1. The zero-order chi connectivity index (χ0) is 12.1. The van der Waals surface area contributed by atoms with E-state index >= 15 is 0 Å². The van der Waals surface area contributed by atoms with Gasteiger partial charge >= 0.3 is 5.97 Å².